The summed E-state index contributed by atoms with van der Waals surface area (Å²) in [6, 6.07) is 8.03. The van der Waals surface area contributed by atoms with Gasteiger partial charge in [0.05, 0.1) is 0 Å². The van der Waals surface area contributed by atoms with E-state index in [1.54, 1.807) is 7.05 Å². The van der Waals surface area contributed by atoms with Crippen molar-refractivity contribution in [2.45, 2.75) is 53.1 Å². The van der Waals surface area contributed by atoms with Crippen LogP contribution in [0.15, 0.2) is 29.3 Å². The van der Waals surface area contributed by atoms with Crippen LogP contribution < -0.4 is 16.0 Å². The third-order valence-corrected chi connectivity index (χ3v) is 4.08. The van der Waals surface area contributed by atoms with E-state index in [1.807, 2.05) is 24.3 Å². The average Bonchev–Trinajstić information content (AvgIpc) is 2.58. The fraction of sp³-hybridized carbons (Fsp3) is 0.579. The van der Waals surface area contributed by atoms with Gasteiger partial charge in [-0.15, -0.1) is 24.0 Å². The molecule has 25 heavy (non-hydrogen) atoms. The zero-order valence-electron chi connectivity index (χ0n) is 16.1. The fourth-order valence-corrected chi connectivity index (χ4v) is 2.02. The third-order valence-electron chi connectivity index (χ3n) is 4.08. The lowest BCUT2D eigenvalue weighted by molar-refractivity contribution is 0.0953. The van der Waals surface area contributed by atoms with E-state index < -0.39 is 0 Å². The van der Waals surface area contributed by atoms with Crippen molar-refractivity contribution in [1.29, 1.82) is 0 Å². The lowest BCUT2D eigenvalue weighted by Gasteiger charge is -2.20. The standard InChI is InChI=1S/C19H32N4O.HI/c1-6-7-12-21-18(24)17-10-8-16(9-11-17)13-22-19(20-5)23-15(4)14(2)3;/h8-11,14-15H,6-7,12-13H2,1-5H3,(H,21,24)(H2,20,22,23);1H. The number of halogens is 1. The molecular formula is C19H33IN4O. The van der Waals surface area contributed by atoms with Gasteiger partial charge in [0.15, 0.2) is 5.96 Å². The maximum atomic E-state index is 12.0. The Bertz CT molecular complexity index is 529. The minimum absolute atomic E-state index is 0. The van der Waals surface area contributed by atoms with Crippen LogP contribution >= 0.6 is 24.0 Å². The zero-order valence-corrected chi connectivity index (χ0v) is 18.4. The number of unbranched alkanes of at least 4 members (excludes halogenated alkanes) is 1. The molecule has 0 saturated carbocycles. The predicted molar refractivity (Wildman–Crippen MR) is 117 cm³/mol. The minimum Gasteiger partial charge on any atom is -0.354 e. The SMILES string of the molecule is CCCCNC(=O)c1ccc(CNC(=NC)NC(C)C(C)C)cc1.I. The van der Waals surface area contributed by atoms with Crippen molar-refractivity contribution in [3.63, 3.8) is 0 Å². The molecule has 0 aliphatic heterocycles. The molecule has 1 aromatic rings. The molecule has 0 aromatic heterocycles. The summed E-state index contributed by atoms with van der Waals surface area (Å²) in [5, 5.41) is 9.60. The number of rotatable bonds is 8. The molecule has 1 atom stereocenters. The molecule has 1 amide bonds. The summed E-state index contributed by atoms with van der Waals surface area (Å²) in [5.74, 6) is 1.32. The van der Waals surface area contributed by atoms with Crippen LogP contribution in [0.4, 0.5) is 0 Å². The smallest absolute Gasteiger partial charge is 0.251 e. The monoisotopic (exact) mass is 460 g/mol. The first kappa shape index (κ1) is 23.7. The highest BCUT2D eigenvalue weighted by Gasteiger charge is 2.09. The third kappa shape index (κ3) is 9.09. The molecule has 0 heterocycles. The first-order valence-electron chi connectivity index (χ1n) is 8.82. The molecule has 0 radical (unpaired) electrons. The summed E-state index contributed by atoms with van der Waals surface area (Å²) in [4.78, 5) is 16.2. The molecule has 142 valence electrons. The van der Waals surface area contributed by atoms with Crippen LogP contribution in [0.3, 0.4) is 0 Å². The Hall–Kier alpha value is -1.31. The van der Waals surface area contributed by atoms with Crippen LogP contribution in [-0.2, 0) is 6.54 Å². The second-order valence-electron chi connectivity index (χ2n) is 6.41. The van der Waals surface area contributed by atoms with Crippen molar-refractivity contribution < 1.29 is 4.79 Å². The summed E-state index contributed by atoms with van der Waals surface area (Å²) in [7, 11) is 1.77. The summed E-state index contributed by atoms with van der Waals surface area (Å²) in [6.45, 7) is 10.0. The minimum atomic E-state index is -0.00815. The van der Waals surface area contributed by atoms with Gasteiger partial charge in [0.2, 0.25) is 0 Å². The van der Waals surface area contributed by atoms with Crippen molar-refractivity contribution in [3.8, 4) is 0 Å². The van der Waals surface area contributed by atoms with Gasteiger partial charge < -0.3 is 16.0 Å². The van der Waals surface area contributed by atoms with Crippen LogP contribution in [0.5, 0.6) is 0 Å². The molecule has 3 N–H and O–H groups in total. The predicted octanol–water partition coefficient (Wildman–Crippen LogP) is 3.54. The van der Waals surface area contributed by atoms with Crippen molar-refractivity contribution in [2.24, 2.45) is 10.9 Å². The molecule has 5 nitrogen and oxygen atoms in total. The number of nitrogens with zero attached hydrogens (tertiary/aromatic N) is 1. The quantitative estimate of drug-likeness (QED) is 0.241. The van der Waals surface area contributed by atoms with Gasteiger partial charge in [-0.05, 0) is 37.0 Å². The van der Waals surface area contributed by atoms with Crippen LogP contribution in [0.1, 0.15) is 56.5 Å². The summed E-state index contributed by atoms with van der Waals surface area (Å²) >= 11 is 0. The largest absolute Gasteiger partial charge is 0.354 e. The number of hydrogen-bond donors (Lipinski definition) is 3. The van der Waals surface area contributed by atoms with Gasteiger partial charge in [0, 0.05) is 31.7 Å². The highest BCUT2D eigenvalue weighted by molar-refractivity contribution is 14.0. The van der Waals surface area contributed by atoms with E-state index in [-0.39, 0.29) is 29.9 Å². The molecule has 0 aliphatic carbocycles. The van der Waals surface area contributed by atoms with Gasteiger partial charge in [-0.25, -0.2) is 0 Å². The van der Waals surface area contributed by atoms with Gasteiger partial charge in [-0.3, -0.25) is 9.79 Å². The summed E-state index contributed by atoms with van der Waals surface area (Å²) in [6.07, 6.45) is 2.09. The number of nitrogens with one attached hydrogen (secondary N) is 3. The number of amides is 1. The molecule has 0 bridgehead atoms. The number of carbonyl (C=O) groups excluding carboxylic acids is 1. The van der Waals surface area contributed by atoms with Crippen molar-refractivity contribution in [2.75, 3.05) is 13.6 Å². The maximum absolute atomic E-state index is 12.0. The van der Waals surface area contributed by atoms with Crippen LogP contribution in [0.2, 0.25) is 0 Å². The van der Waals surface area contributed by atoms with Gasteiger partial charge in [-0.2, -0.15) is 0 Å². The first-order valence-corrected chi connectivity index (χ1v) is 8.82. The highest BCUT2D eigenvalue weighted by atomic mass is 127. The molecule has 1 aromatic carbocycles. The zero-order chi connectivity index (χ0) is 17.9. The summed E-state index contributed by atoms with van der Waals surface area (Å²) < 4.78 is 0. The Kier molecular flexibility index (Phi) is 12.3. The number of benzene rings is 1. The molecule has 6 heteroatoms. The van der Waals surface area contributed by atoms with E-state index in [2.05, 4.69) is 48.6 Å². The van der Waals surface area contributed by atoms with Crippen molar-refractivity contribution in [3.05, 3.63) is 35.4 Å². The van der Waals surface area contributed by atoms with Crippen LogP contribution in [-0.4, -0.2) is 31.5 Å². The number of aliphatic imine (C=N–C) groups is 1. The number of guanidine groups is 1. The van der Waals surface area contributed by atoms with E-state index in [9.17, 15) is 4.79 Å². The molecule has 1 rings (SSSR count). The van der Waals surface area contributed by atoms with E-state index >= 15 is 0 Å². The van der Waals surface area contributed by atoms with Gasteiger partial charge in [0.1, 0.15) is 0 Å². The second kappa shape index (κ2) is 13.0. The normalized spacial score (nSPS) is 12.3. The number of carbonyl (C=O) groups is 1. The molecule has 0 spiro atoms. The Morgan fingerprint density at radius 2 is 1.76 bits per heavy atom. The van der Waals surface area contributed by atoms with E-state index in [0.717, 1.165) is 30.9 Å². The lowest BCUT2D eigenvalue weighted by Crippen LogP contribution is -2.43. The van der Waals surface area contributed by atoms with Gasteiger partial charge in [-0.1, -0.05) is 39.3 Å². The average molecular weight is 460 g/mol. The number of hydrogen-bond acceptors (Lipinski definition) is 2. The summed E-state index contributed by atoms with van der Waals surface area (Å²) in [5.41, 5.74) is 1.81. The molecular weight excluding hydrogens is 427 g/mol. The van der Waals surface area contributed by atoms with E-state index in [4.69, 9.17) is 0 Å². The molecule has 0 saturated heterocycles. The topological polar surface area (TPSA) is 65.5 Å². The van der Waals surface area contributed by atoms with E-state index in [0.29, 0.717) is 24.1 Å². The fourth-order valence-electron chi connectivity index (χ4n) is 2.02. The van der Waals surface area contributed by atoms with Crippen LogP contribution in [0.25, 0.3) is 0 Å². The first-order chi connectivity index (χ1) is 11.5. The lowest BCUT2D eigenvalue weighted by atomic mass is 10.1. The van der Waals surface area contributed by atoms with Crippen molar-refractivity contribution in [1.82, 2.24) is 16.0 Å². The Balaban J connectivity index is 0.00000576. The van der Waals surface area contributed by atoms with E-state index in [1.165, 1.54) is 0 Å². The van der Waals surface area contributed by atoms with Crippen LogP contribution in [0, 0.1) is 5.92 Å². The highest BCUT2D eigenvalue weighted by Crippen LogP contribution is 2.05. The van der Waals surface area contributed by atoms with Crippen molar-refractivity contribution >= 4 is 35.8 Å². The molecule has 0 aliphatic rings. The maximum Gasteiger partial charge on any atom is 0.251 e. The Morgan fingerprint density at radius 1 is 1.12 bits per heavy atom. The Labute approximate surface area is 169 Å². The van der Waals surface area contributed by atoms with Gasteiger partial charge in [0.25, 0.3) is 5.91 Å². The second-order valence-corrected chi connectivity index (χ2v) is 6.41. The van der Waals surface area contributed by atoms with Gasteiger partial charge >= 0.3 is 0 Å². The molecule has 1 unspecified atom stereocenters. The Morgan fingerprint density at radius 3 is 2.28 bits per heavy atom. The molecule has 0 fully saturated rings.